The Kier molecular flexibility index (Phi) is 2.12. The summed E-state index contributed by atoms with van der Waals surface area (Å²) in [5.41, 5.74) is 0. The third kappa shape index (κ3) is 1.07. The van der Waals surface area contributed by atoms with E-state index in [2.05, 4.69) is 29.1 Å². The van der Waals surface area contributed by atoms with Crippen molar-refractivity contribution in [3.8, 4) is 0 Å². The van der Waals surface area contributed by atoms with Crippen molar-refractivity contribution in [2.75, 3.05) is 0 Å². The topological polar surface area (TPSA) is 39.9 Å². The molecule has 1 aromatic heterocycles. The van der Waals surface area contributed by atoms with Gasteiger partial charge >= 0.3 is 0 Å². The summed E-state index contributed by atoms with van der Waals surface area (Å²) in [7, 11) is 0. The molecule has 0 aromatic carbocycles. The third-order valence-electron chi connectivity index (χ3n) is 2.12. The van der Waals surface area contributed by atoms with Gasteiger partial charge in [0, 0.05) is 18.4 Å². The molecule has 1 heterocycles. The second-order valence-electron chi connectivity index (χ2n) is 2.71. The summed E-state index contributed by atoms with van der Waals surface area (Å²) < 4.78 is 2.31. The highest BCUT2D eigenvalue weighted by Gasteiger charge is 2.17. The van der Waals surface area contributed by atoms with Crippen LogP contribution in [0.5, 0.6) is 0 Å². The minimum atomic E-state index is 0. The van der Waals surface area contributed by atoms with Crippen LogP contribution in [0, 0.1) is 0 Å². The lowest BCUT2D eigenvalue weighted by Gasteiger charge is -2.26. The maximum Gasteiger partial charge on any atom is 0.0330 e. The highest BCUT2D eigenvalue weighted by atomic mass is 15.0. The molecule has 2 nitrogen and oxygen atoms in total. The maximum atomic E-state index is 2.31. The molecule has 0 saturated heterocycles. The lowest BCUT2D eigenvalue weighted by Crippen LogP contribution is -2.14. The van der Waals surface area contributed by atoms with E-state index >= 15 is 0 Å². The van der Waals surface area contributed by atoms with Gasteiger partial charge in [-0.25, -0.2) is 0 Å². The fourth-order valence-corrected chi connectivity index (χ4v) is 1.28. The van der Waals surface area contributed by atoms with Crippen molar-refractivity contribution >= 4 is 0 Å². The number of hydrogen-bond donors (Lipinski definition) is 1. The first-order valence-corrected chi connectivity index (χ1v) is 3.59. The van der Waals surface area contributed by atoms with Gasteiger partial charge in [-0.3, -0.25) is 0 Å². The molecule has 0 unspecified atom stereocenters. The largest absolute Gasteiger partial charge is 0.351 e. The molecule has 1 aromatic rings. The summed E-state index contributed by atoms with van der Waals surface area (Å²) in [5.74, 6) is 0. The van der Waals surface area contributed by atoms with Gasteiger partial charge in [-0.05, 0) is 31.4 Å². The van der Waals surface area contributed by atoms with Crippen LogP contribution in [-0.4, -0.2) is 4.57 Å². The van der Waals surface area contributed by atoms with Crippen LogP contribution >= 0.6 is 0 Å². The Morgan fingerprint density at radius 3 is 2.10 bits per heavy atom. The first-order chi connectivity index (χ1) is 4.47. The molecule has 1 aliphatic rings. The zero-order valence-electron chi connectivity index (χ0n) is 6.16. The molecule has 1 saturated carbocycles. The molecule has 10 heavy (non-hydrogen) atoms. The van der Waals surface area contributed by atoms with Gasteiger partial charge in [0.15, 0.2) is 0 Å². The average Bonchev–Trinajstić information content (AvgIpc) is 2.11. The molecule has 1 aliphatic carbocycles. The standard InChI is InChI=1S/C8H11N.H3N/c1-2-7-9(6-1)8-4-3-5-8;/h1-2,6-8H,3-5H2;1H3. The van der Waals surface area contributed by atoms with Crippen LogP contribution in [0.2, 0.25) is 0 Å². The van der Waals surface area contributed by atoms with Crippen molar-refractivity contribution in [2.45, 2.75) is 25.3 Å². The number of rotatable bonds is 1. The van der Waals surface area contributed by atoms with Crippen molar-refractivity contribution in [3.63, 3.8) is 0 Å². The van der Waals surface area contributed by atoms with E-state index in [9.17, 15) is 0 Å². The van der Waals surface area contributed by atoms with Crippen molar-refractivity contribution in [1.29, 1.82) is 0 Å². The zero-order valence-corrected chi connectivity index (χ0v) is 6.16. The van der Waals surface area contributed by atoms with Crippen molar-refractivity contribution < 1.29 is 0 Å². The van der Waals surface area contributed by atoms with E-state index in [-0.39, 0.29) is 6.15 Å². The highest BCUT2D eigenvalue weighted by Crippen LogP contribution is 2.30. The first-order valence-electron chi connectivity index (χ1n) is 3.59. The van der Waals surface area contributed by atoms with E-state index in [0.29, 0.717) is 0 Å². The third-order valence-corrected chi connectivity index (χ3v) is 2.12. The monoisotopic (exact) mass is 138 g/mol. The molecule has 0 spiro atoms. The number of hydrogen-bond acceptors (Lipinski definition) is 1. The second-order valence-corrected chi connectivity index (χ2v) is 2.71. The van der Waals surface area contributed by atoms with E-state index < -0.39 is 0 Å². The average molecular weight is 138 g/mol. The summed E-state index contributed by atoms with van der Waals surface area (Å²) in [4.78, 5) is 0. The van der Waals surface area contributed by atoms with E-state index in [4.69, 9.17) is 0 Å². The Morgan fingerprint density at radius 2 is 1.70 bits per heavy atom. The van der Waals surface area contributed by atoms with E-state index in [0.717, 1.165) is 6.04 Å². The molecule has 0 bridgehead atoms. The normalized spacial score (nSPS) is 17.6. The van der Waals surface area contributed by atoms with E-state index in [1.54, 1.807) is 0 Å². The van der Waals surface area contributed by atoms with Crippen molar-refractivity contribution in [3.05, 3.63) is 24.5 Å². The SMILES string of the molecule is N.c1ccn(C2CCC2)c1. The van der Waals surface area contributed by atoms with Gasteiger partial charge in [0.05, 0.1) is 0 Å². The van der Waals surface area contributed by atoms with Crippen LogP contribution in [0.3, 0.4) is 0 Å². The van der Waals surface area contributed by atoms with Gasteiger partial charge in [-0.2, -0.15) is 0 Å². The molecule has 0 aliphatic heterocycles. The summed E-state index contributed by atoms with van der Waals surface area (Å²) in [5, 5.41) is 0. The second kappa shape index (κ2) is 2.88. The lowest BCUT2D eigenvalue weighted by molar-refractivity contribution is 0.314. The first kappa shape index (κ1) is 7.35. The van der Waals surface area contributed by atoms with Crippen molar-refractivity contribution in [2.24, 2.45) is 0 Å². The zero-order chi connectivity index (χ0) is 6.10. The molecule has 2 heteroatoms. The molecule has 0 radical (unpaired) electrons. The van der Waals surface area contributed by atoms with Gasteiger partial charge in [0.1, 0.15) is 0 Å². The summed E-state index contributed by atoms with van der Waals surface area (Å²) in [6.07, 6.45) is 8.50. The molecule has 0 atom stereocenters. The van der Waals surface area contributed by atoms with Crippen LogP contribution in [0.1, 0.15) is 25.3 Å². The molecule has 3 N–H and O–H groups in total. The molecule has 56 valence electrons. The smallest absolute Gasteiger partial charge is 0.0330 e. The van der Waals surface area contributed by atoms with Crippen LogP contribution < -0.4 is 6.15 Å². The van der Waals surface area contributed by atoms with E-state index in [1.165, 1.54) is 19.3 Å². The minimum absolute atomic E-state index is 0. The van der Waals surface area contributed by atoms with Crippen LogP contribution in [-0.2, 0) is 0 Å². The summed E-state index contributed by atoms with van der Waals surface area (Å²) in [6.45, 7) is 0. The lowest BCUT2D eigenvalue weighted by atomic mass is 9.93. The Balaban J connectivity index is 0.000000500. The molecular weight excluding hydrogens is 124 g/mol. The maximum absolute atomic E-state index is 2.31. The predicted molar refractivity (Wildman–Crippen MR) is 42.3 cm³/mol. The van der Waals surface area contributed by atoms with Crippen LogP contribution in [0.4, 0.5) is 0 Å². The highest BCUT2D eigenvalue weighted by molar-refractivity contribution is 4.94. The Hall–Kier alpha value is -0.760. The van der Waals surface area contributed by atoms with Crippen LogP contribution in [0.15, 0.2) is 24.5 Å². The number of aromatic nitrogens is 1. The van der Waals surface area contributed by atoms with Crippen molar-refractivity contribution in [1.82, 2.24) is 10.7 Å². The fraction of sp³-hybridized carbons (Fsp3) is 0.500. The Bertz CT molecular complexity index is 175. The molecule has 1 fully saturated rings. The van der Waals surface area contributed by atoms with Gasteiger partial charge < -0.3 is 10.7 Å². The minimum Gasteiger partial charge on any atom is -0.351 e. The summed E-state index contributed by atoms with van der Waals surface area (Å²) in [6, 6.07) is 5.02. The van der Waals surface area contributed by atoms with E-state index in [1.807, 2.05) is 0 Å². The van der Waals surface area contributed by atoms with Gasteiger partial charge in [-0.1, -0.05) is 0 Å². The quantitative estimate of drug-likeness (QED) is 0.635. The predicted octanol–water partition coefficient (Wildman–Crippen LogP) is 2.38. The molecule has 0 amide bonds. The number of nitrogens with zero attached hydrogens (tertiary/aromatic N) is 1. The fourth-order valence-electron chi connectivity index (χ4n) is 1.28. The van der Waals surface area contributed by atoms with Gasteiger partial charge in [0.25, 0.3) is 0 Å². The Labute approximate surface area is 61.4 Å². The van der Waals surface area contributed by atoms with Crippen LogP contribution in [0.25, 0.3) is 0 Å². The molecule has 2 rings (SSSR count). The molecular formula is C8H14N2. The Morgan fingerprint density at radius 1 is 1.10 bits per heavy atom. The van der Waals surface area contributed by atoms with Gasteiger partial charge in [0.2, 0.25) is 0 Å². The summed E-state index contributed by atoms with van der Waals surface area (Å²) >= 11 is 0. The van der Waals surface area contributed by atoms with Gasteiger partial charge in [-0.15, -0.1) is 0 Å².